The zero-order valence-corrected chi connectivity index (χ0v) is 16.0. The van der Waals surface area contributed by atoms with Crippen LogP contribution in [0, 0.1) is 0 Å². The van der Waals surface area contributed by atoms with Gasteiger partial charge in [-0.2, -0.15) is 0 Å². The zero-order valence-electron chi connectivity index (χ0n) is 12.1. The SMILES string of the molecule is CCn1c(SCc2c(Cl)cccc2Cl)nnc1-c1ccc(Cl)s1. The van der Waals surface area contributed by atoms with Crippen molar-refractivity contribution in [2.24, 2.45) is 0 Å². The Morgan fingerprint density at radius 2 is 1.83 bits per heavy atom. The van der Waals surface area contributed by atoms with Crippen LogP contribution in [0.3, 0.4) is 0 Å². The van der Waals surface area contributed by atoms with Crippen molar-refractivity contribution in [1.82, 2.24) is 14.8 Å². The Labute approximate surface area is 157 Å². The minimum atomic E-state index is 0.641. The second-order valence-corrected chi connectivity index (χ2v) is 8.12. The summed E-state index contributed by atoms with van der Waals surface area (Å²) in [6.45, 7) is 2.84. The smallest absolute Gasteiger partial charge is 0.191 e. The van der Waals surface area contributed by atoms with E-state index < -0.39 is 0 Å². The van der Waals surface area contributed by atoms with E-state index in [1.807, 2.05) is 30.3 Å². The highest BCUT2D eigenvalue weighted by Crippen LogP contribution is 2.34. The summed E-state index contributed by atoms with van der Waals surface area (Å²) in [7, 11) is 0. The van der Waals surface area contributed by atoms with E-state index in [-0.39, 0.29) is 0 Å². The van der Waals surface area contributed by atoms with Crippen molar-refractivity contribution in [2.45, 2.75) is 24.4 Å². The molecular formula is C15H12Cl3N3S2. The summed E-state index contributed by atoms with van der Waals surface area (Å²) < 4.78 is 2.81. The third-order valence-corrected chi connectivity index (χ3v) is 6.16. The molecule has 23 heavy (non-hydrogen) atoms. The average Bonchev–Trinajstić information content (AvgIpc) is 3.12. The summed E-state index contributed by atoms with van der Waals surface area (Å²) in [5.41, 5.74) is 0.909. The van der Waals surface area contributed by atoms with Crippen LogP contribution in [0.4, 0.5) is 0 Å². The lowest BCUT2D eigenvalue weighted by atomic mass is 10.2. The summed E-state index contributed by atoms with van der Waals surface area (Å²) >= 11 is 21.5. The highest BCUT2D eigenvalue weighted by molar-refractivity contribution is 7.98. The van der Waals surface area contributed by atoms with Crippen LogP contribution in [0.5, 0.6) is 0 Å². The van der Waals surface area contributed by atoms with E-state index in [0.29, 0.717) is 15.8 Å². The molecular weight excluding hydrogens is 393 g/mol. The molecule has 0 amide bonds. The molecule has 3 nitrogen and oxygen atoms in total. The predicted molar refractivity (Wildman–Crippen MR) is 100 cm³/mol. The number of aromatic nitrogens is 3. The van der Waals surface area contributed by atoms with E-state index in [2.05, 4.69) is 21.7 Å². The topological polar surface area (TPSA) is 30.7 Å². The molecule has 1 aromatic carbocycles. The first-order chi connectivity index (χ1) is 11.1. The fraction of sp³-hybridized carbons (Fsp3) is 0.200. The van der Waals surface area contributed by atoms with Crippen molar-refractivity contribution in [2.75, 3.05) is 0 Å². The maximum Gasteiger partial charge on any atom is 0.191 e. The first kappa shape index (κ1) is 17.1. The number of thiophene rings is 1. The molecule has 120 valence electrons. The normalized spacial score (nSPS) is 11.1. The van der Waals surface area contributed by atoms with Gasteiger partial charge in [-0.3, -0.25) is 0 Å². The summed E-state index contributed by atoms with van der Waals surface area (Å²) in [6, 6.07) is 9.35. The summed E-state index contributed by atoms with van der Waals surface area (Å²) in [5, 5.41) is 10.8. The van der Waals surface area contributed by atoms with Crippen molar-refractivity contribution in [3.63, 3.8) is 0 Å². The molecule has 0 saturated heterocycles. The Hall–Kier alpha value is -0.720. The number of rotatable bonds is 5. The number of hydrogen-bond acceptors (Lipinski definition) is 4. The Balaban J connectivity index is 1.85. The van der Waals surface area contributed by atoms with E-state index >= 15 is 0 Å². The molecule has 0 spiro atoms. The van der Waals surface area contributed by atoms with Gasteiger partial charge in [0, 0.05) is 22.3 Å². The minimum Gasteiger partial charge on any atom is -0.302 e. The van der Waals surface area contributed by atoms with Gasteiger partial charge in [0.15, 0.2) is 11.0 Å². The average molecular weight is 405 g/mol. The van der Waals surface area contributed by atoms with Crippen molar-refractivity contribution < 1.29 is 0 Å². The van der Waals surface area contributed by atoms with Crippen LogP contribution in [-0.2, 0) is 12.3 Å². The van der Waals surface area contributed by atoms with Crippen molar-refractivity contribution >= 4 is 57.9 Å². The lowest BCUT2D eigenvalue weighted by Crippen LogP contribution is -1.99. The van der Waals surface area contributed by atoms with Crippen LogP contribution in [0.15, 0.2) is 35.5 Å². The number of hydrogen-bond donors (Lipinski definition) is 0. The maximum absolute atomic E-state index is 6.22. The molecule has 0 aliphatic rings. The highest BCUT2D eigenvalue weighted by atomic mass is 35.5. The van der Waals surface area contributed by atoms with Crippen LogP contribution in [-0.4, -0.2) is 14.8 Å². The maximum atomic E-state index is 6.22. The molecule has 0 N–H and O–H groups in total. The molecule has 2 heterocycles. The molecule has 2 aromatic heterocycles. The largest absolute Gasteiger partial charge is 0.302 e. The molecule has 0 radical (unpaired) electrons. The van der Waals surface area contributed by atoms with Gasteiger partial charge < -0.3 is 4.57 Å². The Kier molecular flexibility index (Phi) is 5.54. The highest BCUT2D eigenvalue weighted by Gasteiger charge is 2.16. The van der Waals surface area contributed by atoms with Crippen molar-refractivity contribution in [1.29, 1.82) is 0 Å². The molecule has 3 aromatic rings. The molecule has 0 aliphatic heterocycles. The van der Waals surface area contributed by atoms with Crippen molar-refractivity contribution in [3.8, 4) is 10.7 Å². The van der Waals surface area contributed by atoms with Gasteiger partial charge in [0.1, 0.15) is 0 Å². The second kappa shape index (κ2) is 7.45. The number of benzene rings is 1. The summed E-state index contributed by atoms with van der Waals surface area (Å²) in [5.74, 6) is 1.47. The molecule has 0 fully saturated rings. The number of halogens is 3. The molecule has 0 aliphatic carbocycles. The third-order valence-electron chi connectivity index (χ3n) is 3.23. The fourth-order valence-electron chi connectivity index (χ4n) is 2.10. The van der Waals surface area contributed by atoms with Gasteiger partial charge in [0.05, 0.1) is 9.21 Å². The zero-order chi connectivity index (χ0) is 16.4. The second-order valence-electron chi connectivity index (χ2n) is 4.64. The quantitative estimate of drug-likeness (QED) is 0.469. The fourth-order valence-corrected chi connectivity index (χ4v) is 4.89. The molecule has 0 bridgehead atoms. The van der Waals surface area contributed by atoms with Gasteiger partial charge in [-0.25, -0.2) is 0 Å². The van der Waals surface area contributed by atoms with E-state index in [1.165, 1.54) is 11.3 Å². The Morgan fingerprint density at radius 3 is 2.43 bits per heavy atom. The molecule has 0 saturated carbocycles. The first-order valence-electron chi connectivity index (χ1n) is 6.84. The van der Waals surface area contributed by atoms with Gasteiger partial charge in [-0.15, -0.1) is 21.5 Å². The van der Waals surface area contributed by atoms with Crippen LogP contribution in [0.25, 0.3) is 10.7 Å². The van der Waals surface area contributed by atoms with Crippen LogP contribution in [0.2, 0.25) is 14.4 Å². The van der Waals surface area contributed by atoms with E-state index in [4.69, 9.17) is 34.8 Å². The monoisotopic (exact) mass is 403 g/mol. The molecule has 0 atom stereocenters. The van der Waals surface area contributed by atoms with Gasteiger partial charge in [-0.05, 0) is 36.8 Å². The summed E-state index contributed by atoms with van der Waals surface area (Å²) in [4.78, 5) is 1.01. The lowest BCUT2D eigenvalue weighted by Gasteiger charge is -2.08. The molecule has 0 unspecified atom stereocenters. The standard InChI is InChI=1S/C15H12Cl3N3S2/c1-2-21-14(12-6-7-13(18)23-12)19-20-15(21)22-8-9-10(16)4-3-5-11(9)17/h3-7H,2,8H2,1H3. The third kappa shape index (κ3) is 3.69. The van der Waals surface area contributed by atoms with E-state index in [9.17, 15) is 0 Å². The molecule has 8 heteroatoms. The lowest BCUT2D eigenvalue weighted by molar-refractivity contribution is 0.688. The predicted octanol–water partition coefficient (Wildman–Crippen LogP) is 6.28. The van der Waals surface area contributed by atoms with Crippen LogP contribution < -0.4 is 0 Å². The molecule has 3 rings (SSSR count). The van der Waals surface area contributed by atoms with Gasteiger partial charge >= 0.3 is 0 Å². The number of thioether (sulfide) groups is 1. The Bertz CT molecular complexity index is 809. The Morgan fingerprint density at radius 1 is 1.09 bits per heavy atom. The van der Waals surface area contributed by atoms with Crippen LogP contribution in [0.1, 0.15) is 12.5 Å². The van der Waals surface area contributed by atoms with Crippen LogP contribution >= 0.6 is 57.9 Å². The van der Waals surface area contributed by atoms with E-state index in [1.54, 1.807) is 11.8 Å². The number of nitrogens with zero attached hydrogens (tertiary/aromatic N) is 3. The minimum absolute atomic E-state index is 0.641. The van der Waals surface area contributed by atoms with Gasteiger partial charge in [0.25, 0.3) is 0 Å². The summed E-state index contributed by atoms with van der Waals surface area (Å²) in [6.07, 6.45) is 0. The first-order valence-corrected chi connectivity index (χ1v) is 9.78. The van der Waals surface area contributed by atoms with Gasteiger partial charge in [-0.1, -0.05) is 52.6 Å². The van der Waals surface area contributed by atoms with E-state index in [0.717, 1.165) is 32.3 Å². The van der Waals surface area contributed by atoms with Gasteiger partial charge in [0.2, 0.25) is 0 Å². The van der Waals surface area contributed by atoms with Crippen molar-refractivity contribution in [3.05, 3.63) is 50.3 Å².